The molecular formula is C19H31NO. The van der Waals surface area contributed by atoms with Crippen molar-refractivity contribution >= 4 is 0 Å². The molecule has 2 N–H and O–H groups in total. The fraction of sp³-hybridized carbons (Fsp3) is 0.684. The van der Waals surface area contributed by atoms with Crippen molar-refractivity contribution in [1.29, 1.82) is 0 Å². The van der Waals surface area contributed by atoms with E-state index in [-0.39, 0.29) is 0 Å². The Labute approximate surface area is 130 Å². The maximum atomic E-state index is 6.20. The molecule has 3 atom stereocenters. The second kappa shape index (κ2) is 7.31. The van der Waals surface area contributed by atoms with Gasteiger partial charge >= 0.3 is 0 Å². The molecule has 1 aliphatic carbocycles. The molecule has 2 heteroatoms. The van der Waals surface area contributed by atoms with Crippen molar-refractivity contribution in [2.45, 2.75) is 59.3 Å². The van der Waals surface area contributed by atoms with Crippen molar-refractivity contribution in [2.75, 3.05) is 13.2 Å². The van der Waals surface area contributed by atoms with E-state index in [9.17, 15) is 0 Å². The third kappa shape index (κ3) is 3.60. The lowest BCUT2D eigenvalue weighted by atomic mass is 9.70. The molecule has 0 spiro atoms. The van der Waals surface area contributed by atoms with E-state index in [1.165, 1.54) is 42.4 Å². The summed E-state index contributed by atoms with van der Waals surface area (Å²) in [7, 11) is 0. The summed E-state index contributed by atoms with van der Waals surface area (Å²) < 4.78 is 5.93. The molecule has 2 rings (SSSR count). The monoisotopic (exact) mass is 289 g/mol. The maximum absolute atomic E-state index is 6.20. The molecule has 0 amide bonds. The van der Waals surface area contributed by atoms with Crippen LogP contribution >= 0.6 is 0 Å². The SMILES string of the molecule is CCOc1cc(C)c(C)cc1C(CN)C1CCCCC1C. The summed E-state index contributed by atoms with van der Waals surface area (Å²) in [4.78, 5) is 0. The average Bonchev–Trinajstić information content (AvgIpc) is 2.47. The van der Waals surface area contributed by atoms with Crippen LogP contribution < -0.4 is 10.5 Å². The molecule has 1 fully saturated rings. The van der Waals surface area contributed by atoms with Gasteiger partial charge in [-0.3, -0.25) is 0 Å². The van der Waals surface area contributed by atoms with E-state index in [1.807, 2.05) is 0 Å². The van der Waals surface area contributed by atoms with Crippen LogP contribution in [-0.2, 0) is 0 Å². The number of benzene rings is 1. The maximum Gasteiger partial charge on any atom is 0.123 e. The summed E-state index contributed by atoms with van der Waals surface area (Å²) in [5.41, 5.74) is 10.2. The lowest BCUT2D eigenvalue weighted by Gasteiger charge is -2.36. The predicted molar refractivity (Wildman–Crippen MR) is 90.0 cm³/mol. The molecule has 1 saturated carbocycles. The third-order valence-electron chi connectivity index (χ3n) is 5.27. The number of nitrogens with two attached hydrogens (primary N) is 1. The van der Waals surface area contributed by atoms with Crippen LogP contribution in [0.25, 0.3) is 0 Å². The van der Waals surface area contributed by atoms with Crippen molar-refractivity contribution in [3.8, 4) is 5.75 Å². The second-order valence-corrected chi connectivity index (χ2v) is 6.68. The van der Waals surface area contributed by atoms with E-state index >= 15 is 0 Å². The topological polar surface area (TPSA) is 35.2 Å². The molecule has 0 aromatic heterocycles. The number of hydrogen-bond acceptors (Lipinski definition) is 2. The minimum absolute atomic E-state index is 0.432. The highest BCUT2D eigenvalue weighted by molar-refractivity contribution is 5.44. The van der Waals surface area contributed by atoms with Crippen LogP contribution in [0.15, 0.2) is 12.1 Å². The number of hydrogen-bond donors (Lipinski definition) is 1. The van der Waals surface area contributed by atoms with Crippen LogP contribution in [0.1, 0.15) is 62.1 Å². The van der Waals surface area contributed by atoms with Gasteiger partial charge in [0.05, 0.1) is 6.61 Å². The fourth-order valence-corrected chi connectivity index (χ4v) is 3.86. The summed E-state index contributed by atoms with van der Waals surface area (Å²) in [6.07, 6.45) is 5.37. The molecule has 0 radical (unpaired) electrons. The fourth-order valence-electron chi connectivity index (χ4n) is 3.86. The molecule has 0 saturated heterocycles. The Morgan fingerprint density at radius 1 is 1.19 bits per heavy atom. The summed E-state index contributed by atoms with van der Waals surface area (Å²) in [5.74, 6) is 2.95. The lowest BCUT2D eigenvalue weighted by Crippen LogP contribution is -2.29. The predicted octanol–water partition coefficient (Wildman–Crippen LogP) is 4.57. The van der Waals surface area contributed by atoms with E-state index < -0.39 is 0 Å². The van der Waals surface area contributed by atoms with Crippen molar-refractivity contribution in [3.05, 3.63) is 28.8 Å². The molecule has 0 aliphatic heterocycles. The molecule has 2 nitrogen and oxygen atoms in total. The largest absolute Gasteiger partial charge is 0.494 e. The average molecular weight is 289 g/mol. The van der Waals surface area contributed by atoms with E-state index in [0.717, 1.165) is 18.2 Å². The van der Waals surface area contributed by atoms with Crippen molar-refractivity contribution in [1.82, 2.24) is 0 Å². The number of aryl methyl sites for hydroxylation is 2. The first-order chi connectivity index (χ1) is 10.1. The lowest BCUT2D eigenvalue weighted by molar-refractivity contribution is 0.214. The van der Waals surface area contributed by atoms with E-state index in [0.29, 0.717) is 18.4 Å². The standard InChI is InChI=1S/C19H31NO/c1-5-21-19-11-15(4)14(3)10-17(19)18(12-20)16-9-7-6-8-13(16)2/h10-11,13,16,18H,5-9,12,20H2,1-4H3. The van der Waals surface area contributed by atoms with E-state index in [4.69, 9.17) is 10.5 Å². The van der Waals surface area contributed by atoms with E-state index in [2.05, 4.69) is 39.8 Å². The van der Waals surface area contributed by atoms with E-state index in [1.54, 1.807) is 0 Å². The van der Waals surface area contributed by atoms with Gasteiger partial charge in [0.1, 0.15) is 5.75 Å². The van der Waals surface area contributed by atoms with Gasteiger partial charge in [-0.15, -0.1) is 0 Å². The molecule has 1 aliphatic rings. The quantitative estimate of drug-likeness (QED) is 0.861. The van der Waals surface area contributed by atoms with Gasteiger partial charge in [-0.2, -0.15) is 0 Å². The zero-order chi connectivity index (χ0) is 15.4. The first-order valence-corrected chi connectivity index (χ1v) is 8.52. The molecule has 1 aromatic carbocycles. The summed E-state index contributed by atoms with van der Waals surface area (Å²) in [6, 6.07) is 4.52. The van der Waals surface area contributed by atoms with Crippen molar-refractivity contribution < 1.29 is 4.74 Å². The number of rotatable bonds is 5. The van der Waals surface area contributed by atoms with Gasteiger partial charge in [-0.05, 0) is 68.3 Å². The second-order valence-electron chi connectivity index (χ2n) is 6.68. The normalized spacial score (nSPS) is 23.9. The molecule has 0 bridgehead atoms. The van der Waals surface area contributed by atoms with Gasteiger partial charge < -0.3 is 10.5 Å². The van der Waals surface area contributed by atoms with Gasteiger partial charge in [-0.1, -0.05) is 32.3 Å². The van der Waals surface area contributed by atoms with Crippen LogP contribution in [0, 0.1) is 25.7 Å². The minimum atomic E-state index is 0.432. The Morgan fingerprint density at radius 3 is 2.48 bits per heavy atom. The summed E-state index contributed by atoms with van der Waals surface area (Å²) in [5, 5.41) is 0. The zero-order valence-corrected chi connectivity index (χ0v) is 14.1. The van der Waals surface area contributed by atoms with Gasteiger partial charge in [-0.25, -0.2) is 0 Å². The van der Waals surface area contributed by atoms with Crippen LogP contribution in [0.5, 0.6) is 5.75 Å². The zero-order valence-electron chi connectivity index (χ0n) is 14.1. The van der Waals surface area contributed by atoms with Gasteiger partial charge in [0.25, 0.3) is 0 Å². The van der Waals surface area contributed by atoms with Crippen LogP contribution in [0.3, 0.4) is 0 Å². The minimum Gasteiger partial charge on any atom is -0.494 e. The van der Waals surface area contributed by atoms with Crippen LogP contribution in [0.2, 0.25) is 0 Å². The van der Waals surface area contributed by atoms with Crippen molar-refractivity contribution in [2.24, 2.45) is 17.6 Å². The Hall–Kier alpha value is -1.02. The molecular weight excluding hydrogens is 258 g/mol. The van der Waals surface area contributed by atoms with Gasteiger partial charge in [0, 0.05) is 5.92 Å². The number of ether oxygens (including phenoxy) is 1. The van der Waals surface area contributed by atoms with Crippen LogP contribution in [0.4, 0.5) is 0 Å². The molecule has 118 valence electrons. The molecule has 0 heterocycles. The van der Waals surface area contributed by atoms with Gasteiger partial charge in [0.2, 0.25) is 0 Å². The first kappa shape index (κ1) is 16.4. The first-order valence-electron chi connectivity index (χ1n) is 8.52. The Kier molecular flexibility index (Phi) is 5.69. The molecule has 3 unspecified atom stereocenters. The Balaban J connectivity index is 2.38. The molecule has 1 aromatic rings. The smallest absolute Gasteiger partial charge is 0.123 e. The highest BCUT2D eigenvalue weighted by Crippen LogP contribution is 2.42. The molecule has 21 heavy (non-hydrogen) atoms. The Bertz CT molecular complexity index is 469. The highest BCUT2D eigenvalue weighted by Gasteiger charge is 2.31. The summed E-state index contributed by atoms with van der Waals surface area (Å²) in [6.45, 7) is 10.2. The third-order valence-corrected chi connectivity index (χ3v) is 5.27. The van der Waals surface area contributed by atoms with Gasteiger partial charge in [0.15, 0.2) is 0 Å². The van der Waals surface area contributed by atoms with Crippen LogP contribution in [-0.4, -0.2) is 13.2 Å². The highest BCUT2D eigenvalue weighted by atomic mass is 16.5. The Morgan fingerprint density at radius 2 is 1.86 bits per heavy atom. The summed E-state index contributed by atoms with van der Waals surface area (Å²) >= 11 is 0. The van der Waals surface area contributed by atoms with Crippen molar-refractivity contribution in [3.63, 3.8) is 0 Å².